The van der Waals surface area contributed by atoms with E-state index < -0.39 is 92.4 Å². The Morgan fingerprint density at radius 3 is 2.02 bits per heavy atom. The molecule has 5 fully saturated rings. The molecule has 56 heavy (non-hydrogen) atoms. The summed E-state index contributed by atoms with van der Waals surface area (Å²) < 4.78 is 23.0. The van der Waals surface area contributed by atoms with Gasteiger partial charge in [0.15, 0.2) is 12.6 Å². The average molecular weight is 801 g/mol. The van der Waals surface area contributed by atoms with Gasteiger partial charge in [0.2, 0.25) is 0 Å². The Kier molecular flexibility index (Phi) is 12.7. The molecule has 0 spiro atoms. The van der Waals surface area contributed by atoms with E-state index in [9.17, 15) is 51.1 Å². The summed E-state index contributed by atoms with van der Waals surface area (Å²) in [5.41, 5.74) is -0.205. The largest absolute Gasteiger partial charge is 0.394 e. The van der Waals surface area contributed by atoms with E-state index in [0.29, 0.717) is 11.8 Å². The summed E-state index contributed by atoms with van der Waals surface area (Å²) in [5.74, 6) is 0.952. The first-order valence-electron chi connectivity index (χ1n) is 21.0. The Morgan fingerprint density at radius 1 is 0.786 bits per heavy atom. The molecule has 14 heteroatoms. The lowest BCUT2D eigenvalue weighted by Crippen LogP contribution is -2.62. The van der Waals surface area contributed by atoms with Gasteiger partial charge in [-0.05, 0) is 98.7 Å². The molecule has 0 radical (unpaired) electrons. The van der Waals surface area contributed by atoms with Crippen LogP contribution in [-0.4, -0.2) is 150 Å². The number of hydrogen-bond acceptors (Lipinski definition) is 14. The van der Waals surface area contributed by atoms with E-state index in [1.165, 1.54) is 19.4 Å². The van der Waals surface area contributed by atoms with Crippen LogP contribution in [0.25, 0.3) is 0 Å². The van der Waals surface area contributed by atoms with Crippen LogP contribution in [0.3, 0.4) is 0 Å². The molecule has 14 nitrogen and oxygen atoms in total. The Bertz CT molecular complexity index is 1400. The number of ether oxygens (including phenoxy) is 4. The number of rotatable bonds is 11. The number of aliphatic hydroxyl groups is 10. The molecule has 4 unspecified atom stereocenters. The van der Waals surface area contributed by atoms with Crippen LogP contribution in [0.15, 0.2) is 11.6 Å². The van der Waals surface area contributed by atoms with E-state index in [4.69, 9.17) is 18.9 Å². The molecule has 0 aromatic rings. The smallest absolute Gasteiger partial charge is 0.187 e. The quantitative estimate of drug-likeness (QED) is 0.132. The highest BCUT2D eigenvalue weighted by Gasteiger charge is 2.67. The van der Waals surface area contributed by atoms with E-state index in [0.717, 1.165) is 44.9 Å². The van der Waals surface area contributed by atoms with Gasteiger partial charge in [-0.2, -0.15) is 0 Å². The predicted octanol–water partition coefficient (Wildman–Crippen LogP) is 1.12. The maximum Gasteiger partial charge on any atom is 0.187 e. The lowest BCUT2D eigenvalue weighted by atomic mass is 9.39. The van der Waals surface area contributed by atoms with Crippen LogP contribution in [0.1, 0.15) is 107 Å². The first-order chi connectivity index (χ1) is 25.9. The molecule has 2 heterocycles. The molecule has 2 aliphatic heterocycles. The van der Waals surface area contributed by atoms with Crippen molar-refractivity contribution in [1.29, 1.82) is 0 Å². The van der Waals surface area contributed by atoms with Gasteiger partial charge in [-0.1, -0.05) is 53.2 Å². The van der Waals surface area contributed by atoms with Crippen molar-refractivity contribution in [2.24, 2.45) is 45.3 Å². The van der Waals surface area contributed by atoms with Gasteiger partial charge in [0, 0.05) is 11.8 Å². The van der Waals surface area contributed by atoms with E-state index in [1.807, 2.05) is 0 Å². The Labute approximate surface area is 331 Å². The SMILES string of the molecule is C[C@H](C(O)CC(O[C@@H]1O[C@H](CO[C@@H]2O[C@H](CO)[C@@H](O)[C@H](O)[C@H]2O)[C@@H](O)[C@H](O)[C@H]1O)C(C)(C)O)[C@H]1CC[C@@]2(C)[C@@H]3CC=C4C(CCC(O)C4(C)C)[C@]3(C)CC[C@]12C. The fraction of sp³-hybridized carbons (Fsp3) is 0.952. The highest BCUT2D eigenvalue weighted by atomic mass is 16.7. The molecule has 20 atom stereocenters. The van der Waals surface area contributed by atoms with Crippen LogP contribution < -0.4 is 0 Å². The Morgan fingerprint density at radius 2 is 1.39 bits per heavy atom. The summed E-state index contributed by atoms with van der Waals surface area (Å²) >= 11 is 0. The summed E-state index contributed by atoms with van der Waals surface area (Å²) in [6.07, 6.45) is -8.70. The van der Waals surface area contributed by atoms with E-state index >= 15 is 0 Å². The summed E-state index contributed by atoms with van der Waals surface area (Å²) in [6.45, 7) is 15.7. The second-order valence-electron chi connectivity index (χ2n) is 20.3. The van der Waals surface area contributed by atoms with Crippen molar-refractivity contribution < 1.29 is 70.0 Å². The fourth-order valence-corrected chi connectivity index (χ4v) is 12.5. The lowest BCUT2D eigenvalue weighted by molar-refractivity contribution is -0.342. The maximum absolute atomic E-state index is 12.0. The van der Waals surface area contributed by atoms with Crippen LogP contribution in [0.5, 0.6) is 0 Å². The minimum atomic E-state index is -1.76. The van der Waals surface area contributed by atoms with E-state index in [1.54, 1.807) is 0 Å². The zero-order chi connectivity index (χ0) is 41.5. The molecule has 6 aliphatic rings. The molecule has 6 rings (SSSR count). The van der Waals surface area contributed by atoms with Crippen molar-refractivity contribution in [2.45, 2.75) is 192 Å². The van der Waals surface area contributed by atoms with Gasteiger partial charge < -0.3 is 70.0 Å². The number of fused-ring (bicyclic) bond motifs is 5. The summed E-state index contributed by atoms with van der Waals surface area (Å²) in [4.78, 5) is 0. The number of aliphatic hydroxyl groups excluding tert-OH is 9. The zero-order valence-electron chi connectivity index (χ0n) is 34.6. The standard InChI is InChI=1S/C42H72O14/c1-20(21-13-14-42(8)27-11-9-22-23(10-12-28(45)38(22,2)3)40(27,6)15-16-41(21,42)7)24(44)17-29(39(4,5)52)56-37-35(51)33(49)31(47)26(55-37)19-53-36-34(50)32(48)30(46)25(18-43)54-36/h9,20-21,23-37,43-52H,10-19H2,1-8H3/t20-,21+,23?,24?,25+,26+,27+,28?,29?,30+,31+,32-,33-,34+,35+,36+,37-,40-,41+,42-/m0/s1. The third-order valence-corrected chi connectivity index (χ3v) is 16.6. The predicted molar refractivity (Wildman–Crippen MR) is 202 cm³/mol. The van der Waals surface area contributed by atoms with Crippen LogP contribution in [0.4, 0.5) is 0 Å². The third-order valence-electron chi connectivity index (χ3n) is 16.6. The van der Waals surface area contributed by atoms with Crippen molar-refractivity contribution in [3.8, 4) is 0 Å². The van der Waals surface area contributed by atoms with Gasteiger partial charge in [-0.25, -0.2) is 0 Å². The molecule has 324 valence electrons. The molecule has 2 saturated heterocycles. The van der Waals surface area contributed by atoms with Crippen LogP contribution in [-0.2, 0) is 18.9 Å². The lowest BCUT2D eigenvalue weighted by Gasteiger charge is -2.66. The third kappa shape index (κ3) is 7.37. The van der Waals surface area contributed by atoms with Crippen molar-refractivity contribution in [2.75, 3.05) is 13.2 Å². The monoisotopic (exact) mass is 800 g/mol. The molecule has 0 bridgehead atoms. The minimum Gasteiger partial charge on any atom is -0.394 e. The van der Waals surface area contributed by atoms with Crippen LogP contribution >= 0.6 is 0 Å². The Balaban J connectivity index is 1.13. The first-order valence-corrected chi connectivity index (χ1v) is 21.0. The van der Waals surface area contributed by atoms with Crippen molar-refractivity contribution in [3.63, 3.8) is 0 Å². The number of allylic oxidation sites excluding steroid dienone is 1. The summed E-state index contributed by atoms with van der Waals surface area (Å²) in [6, 6.07) is 0. The number of hydrogen-bond donors (Lipinski definition) is 10. The normalized spacial score (nSPS) is 49.6. The zero-order valence-corrected chi connectivity index (χ0v) is 34.6. The molecule has 0 amide bonds. The summed E-state index contributed by atoms with van der Waals surface area (Å²) in [5, 5.41) is 107. The maximum atomic E-state index is 12.0. The van der Waals surface area contributed by atoms with Gasteiger partial charge in [0.05, 0.1) is 37.1 Å². The van der Waals surface area contributed by atoms with Crippen molar-refractivity contribution >= 4 is 0 Å². The minimum absolute atomic E-state index is 0.00203. The second kappa shape index (κ2) is 15.9. The van der Waals surface area contributed by atoms with Gasteiger partial charge in [0.1, 0.15) is 48.8 Å². The molecule has 3 saturated carbocycles. The molecule has 4 aliphatic carbocycles. The molecular weight excluding hydrogens is 728 g/mol. The van der Waals surface area contributed by atoms with Gasteiger partial charge >= 0.3 is 0 Å². The summed E-state index contributed by atoms with van der Waals surface area (Å²) in [7, 11) is 0. The van der Waals surface area contributed by atoms with E-state index in [-0.39, 0.29) is 46.0 Å². The molecular formula is C42H72O14. The van der Waals surface area contributed by atoms with Gasteiger partial charge in [-0.3, -0.25) is 0 Å². The van der Waals surface area contributed by atoms with E-state index in [2.05, 4.69) is 47.6 Å². The Hall–Kier alpha value is -0.820. The fourth-order valence-electron chi connectivity index (χ4n) is 12.5. The van der Waals surface area contributed by atoms with Crippen molar-refractivity contribution in [1.82, 2.24) is 0 Å². The highest BCUT2D eigenvalue weighted by Crippen LogP contribution is 2.75. The molecule has 0 aromatic carbocycles. The molecule has 10 N–H and O–H groups in total. The van der Waals surface area contributed by atoms with Crippen LogP contribution in [0.2, 0.25) is 0 Å². The first kappa shape index (κ1) is 44.7. The van der Waals surface area contributed by atoms with Crippen LogP contribution in [0, 0.1) is 45.3 Å². The highest BCUT2D eigenvalue weighted by molar-refractivity contribution is 5.30. The van der Waals surface area contributed by atoms with Gasteiger partial charge in [-0.15, -0.1) is 0 Å². The topological polar surface area (TPSA) is 239 Å². The average Bonchev–Trinajstić information content (AvgIpc) is 3.41. The molecule has 0 aromatic heterocycles. The van der Waals surface area contributed by atoms with Gasteiger partial charge in [0.25, 0.3) is 0 Å². The second-order valence-corrected chi connectivity index (χ2v) is 20.3. The van der Waals surface area contributed by atoms with Crippen molar-refractivity contribution in [3.05, 3.63) is 11.6 Å².